The van der Waals surface area contributed by atoms with Crippen LogP contribution in [0.4, 0.5) is 5.95 Å². The standard InChI is InChI=1S/C16H23N5O5/c17-16-18-14-13(15(24)19-16)9(6-20-1-3-25-4-2-20)7-21(14)12-5-10(23)11(8-22)26-12/h7,10-12,22-23H,1-6,8H2,(H3,17,18,19,24)/t10-,11+,12+/m0/s1. The number of rotatable bonds is 4. The summed E-state index contributed by atoms with van der Waals surface area (Å²) in [6.07, 6.45) is 0.194. The van der Waals surface area contributed by atoms with Crippen LogP contribution in [0.1, 0.15) is 18.2 Å². The molecule has 5 N–H and O–H groups in total. The van der Waals surface area contributed by atoms with Crippen LogP contribution in [0.2, 0.25) is 0 Å². The molecule has 2 aliphatic heterocycles. The van der Waals surface area contributed by atoms with E-state index in [0.717, 1.165) is 18.7 Å². The van der Waals surface area contributed by atoms with Crippen molar-refractivity contribution in [2.24, 2.45) is 0 Å². The van der Waals surface area contributed by atoms with Crippen LogP contribution in [0.15, 0.2) is 11.0 Å². The maximum atomic E-state index is 12.5. The first-order valence-electron chi connectivity index (χ1n) is 8.70. The molecule has 26 heavy (non-hydrogen) atoms. The number of nitrogens with two attached hydrogens (primary N) is 1. The summed E-state index contributed by atoms with van der Waals surface area (Å²) in [6.45, 7) is 3.22. The summed E-state index contributed by atoms with van der Waals surface area (Å²) in [5.74, 6) is 0.0250. The number of aromatic amines is 1. The van der Waals surface area contributed by atoms with Gasteiger partial charge in [0.25, 0.3) is 5.56 Å². The molecule has 0 bridgehead atoms. The lowest BCUT2D eigenvalue weighted by molar-refractivity contribution is -0.0431. The smallest absolute Gasteiger partial charge is 0.262 e. The second kappa shape index (κ2) is 6.97. The van der Waals surface area contributed by atoms with Gasteiger partial charge in [0, 0.05) is 32.3 Å². The lowest BCUT2D eigenvalue weighted by Crippen LogP contribution is -2.35. The van der Waals surface area contributed by atoms with Crippen molar-refractivity contribution in [3.05, 3.63) is 22.1 Å². The van der Waals surface area contributed by atoms with Crippen molar-refractivity contribution in [2.45, 2.75) is 31.4 Å². The number of hydrogen-bond donors (Lipinski definition) is 4. The van der Waals surface area contributed by atoms with Crippen LogP contribution in [0.5, 0.6) is 0 Å². The van der Waals surface area contributed by atoms with E-state index in [2.05, 4.69) is 14.9 Å². The molecule has 10 nitrogen and oxygen atoms in total. The second-order valence-corrected chi connectivity index (χ2v) is 6.71. The van der Waals surface area contributed by atoms with E-state index in [4.69, 9.17) is 15.2 Å². The normalized spacial score (nSPS) is 27.4. The first kappa shape index (κ1) is 17.4. The Labute approximate surface area is 149 Å². The van der Waals surface area contributed by atoms with E-state index in [1.54, 1.807) is 4.57 Å². The van der Waals surface area contributed by atoms with Gasteiger partial charge in [0.1, 0.15) is 12.3 Å². The molecular formula is C16H23N5O5. The van der Waals surface area contributed by atoms with E-state index < -0.39 is 18.4 Å². The summed E-state index contributed by atoms with van der Waals surface area (Å²) < 4.78 is 12.8. The third kappa shape index (κ3) is 3.10. The lowest BCUT2D eigenvalue weighted by Gasteiger charge is -2.26. The van der Waals surface area contributed by atoms with Crippen LogP contribution < -0.4 is 11.3 Å². The molecule has 0 saturated carbocycles. The fourth-order valence-corrected chi connectivity index (χ4v) is 3.64. The summed E-state index contributed by atoms with van der Waals surface area (Å²) in [5, 5.41) is 19.8. The third-order valence-corrected chi connectivity index (χ3v) is 4.97. The van der Waals surface area contributed by atoms with E-state index in [0.29, 0.717) is 37.2 Å². The van der Waals surface area contributed by atoms with Crippen molar-refractivity contribution in [3.63, 3.8) is 0 Å². The number of hydrogen-bond acceptors (Lipinski definition) is 8. The first-order valence-corrected chi connectivity index (χ1v) is 8.70. The molecule has 0 aliphatic carbocycles. The van der Waals surface area contributed by atoms with Crippen LogP contribution >= 0.6 is 0 Å². The van der Waals surface area contributed by atoms with E-state index >= 15 is 0 Å². The quantitative estimate of drug-likeness (QED) is 0.529. The molecule has 142 valence electrons. The molecule has 10 heteroatoms. The Kier molecular flexibility index (Phi) is 4.67. The highest BCUT2D eigenvalue weighted by Gasteiger charge is 2.35. The highest BCUT2D eigenvalue weighted by molar-refractivity contribution is 5.80. The molecule has 0 amide bonds. The van der Waals surface area contributed by atoms with E-state index in [1.165, 1.54) is 0 Å². The molecule has 2 fully saturated rings. The van der Waals surface area contributed by atoms with Gasteiger partial charge in [0.2, 0.25) is 5.95 Å². The molecule has 2 aromatic heterocycles. The number of H-pyrrole nitrogens is 1. The predicted octanol–water partition coefficient (Wildman–Crippen LogP) is -1.22. The van der Waals surface area contributed by atoms with Crippen molar-refractivity contribution in [1.29, 1.82) is 0 Å². The average molecular weight is 365 g/mol. The Morgan fingerprint density at radius 2 is 2.15 bits per heavy atom. The number of anilines is 1. The fraction of sp³-hybridized carbons (Fsp3) is 0.625. The summed E-state index contributed by atoms with van der Waals surface area (Å²) in [7, 11) is 0. The van der Waals surface area contributed by atoms with E-state index in [9.17, 15) is 15.0 Å². The molecule has 4 rings (SSSR count). The van der Waals surface area contributed by atoms with Gasteiger partial charge >= 0.3 is 0 Å². The van der Waals surface area contributed by atoms with Gasteiger partial charge in [0.05, 0.1) is 31.3 Å². The van der Waals surface area contributed by atoms with Crippen molar-refractivity contribution >= 4 is 17.0 Å². The number of ether oxygens (including phenoxy) is 2. The van der Waals surface area contributed by atoms with Crippen LogP contribution in [-0.2, 0) is 16.0 Å². The summed E-state index contributed by atoms with van der Waals surface area (Å²) in [5.41, 5.74) is 6.67. The van der Waals surface area contributed by atoms with Crippen molar-refractivity contribution in [3.8, 4) is 0 Å². The Morgan fingerprint density at radius 3 is 2.85 bits per heavy atom. The van der Waals surface area contributed by atoms with Gasteiger partial charge in [-0.05, 0) is 5.56 Å². The lowest BCUT2D eigenvalue weighted by atomic mass is 10.2. The topological polar surface area (TPSA) is 139 Å². The molecule has 0 radical (unpaired) electrons. The van der Waals surface area contributed by atoms with E-state index in [1.807, 2.05) is 6.20 Å². The van der Waals surface area contributed by atoms with Gasteiger partial charge in [-0.25, -0.2) is 0 Å². The highest BCUT2D eigenvalue weighted by atomic mass is 16.5. The molecule has 0 spiro atoms. The summed E-state index contributed by atoms with van der Waals surface area (Å²) in [4.78, 5) is 21.6. The summed E-state index contributed by atoms with van der Waals surface area (Å²) >= 11 is 0. The maximum Gasteiger partial charge on any atom is 0.262 e. The van der Waals surface area contributed by atoms with Crippen molar-refractivity contribution < 1.29 is 19.7 Å². The number of aromatic nitrogens is 3. The third-order valence-electron chi connectivity index (χ3n) is 4.97. The van der Waals surface area contributed by atoms with Gasteiger partial charge in [0.15, 0.2) is 5.65 Å². The summed E-state index contributed by atoms with van der Waals surface area (Å²) in [6, 6.07) is 0. The second-order valence-electron chi connectivity index (χ2n) is 6.71. The minimum atomic E-state index is -0.774. The molecule has 3 atom stereocenters. The number of morpholine rings is 1. The number of aliphatic hydroxyl groups is 2. The van der Waals surface area contributed by atoms with Crippen LogP contribution in [0.25, 0.3) is 11.0 Å². The Morgan fingerprint density at radius 1 is 1.38 bits per heavy atom. The number of nitrogen functional groups attached to an aromatic ring is 1. The number of nitrogens with zero attached hydrogens (tertiary/aromatic N) is 3. The van der Waals surface area contributed by atoms with Crippen molar-refractivity contribution in [1.82, 2.24) is 19.4 Å². The number of aliphatic hydroxyl groups excluding tert-OH is 2. The first-order chi connectivity index (χ1) is 12.6. The van der Waals surface area contributed by atoms with Gasteiger partial charge < -0.3 is 30.0 Å². The zero-order valence-electron chi connectivity index (χ0n) is 14.3. The highest BCUT2D eigenvalue weighted by Crippen LogP contribution is 2.32. The van der Waals surface area contributed by atoms with E-state index in [-0.39, 0.29) is 18.1 Å². The molecule has 4 heterocycles. The number of fused-ring (bicyclic) bond motifs is 1. The van der Waals surface area contributed by atoms with Gasteiger partial charge in [-0.15, -0.1) is 0 Å². The number of nitrogens with one attached hydrogen (secondary N) is 1. The molecular weight excluding hydrogens is 342 g/mol. The Hall–Kier alpha value is -1.98. The molecule has 2 aromatic rings. The molecule has 0 unspecified atom stereocenters. The Balaban J connectivity index is 1.74. The van der Waals surface area contributed by atoms with Gasteiger partial charge in [-0.3, -0.25) is 14.7 Å². The molecule has 2 saturated heterocycles. The SMILES string of the molecule is Nc1nc2c(c(CN3CCOCC3)cn2[C@H]2C[C@H](O)[C@@H](CO)O2)c(=O)[nH]1. The molecule has 2 aliphatic rings. The predicted molar refractivity (Wildman–Crippen MR) is 92.5 cm³/mol. The maximum absolute atomic E-state index is 12.5. The monoisotopic (exact) mass is 365 g/mol. The fourth-order valence-electron chi connectivity index (χ4n) is 3.64. The van der Waals surface area contributed by atoms with Crippen LogP contribution in [0.3, 0.4) is 0 Å². The van der Waals surface area contributed by atoms with Gasteiger partial charge in [-0.1, -0.05) is 0 Å². The molecule has 0 aromatic carbocycles. The van der Waals surface area contributed by atoms with Crippen LogP contribution in [0, 0.1) is 0 Å². The van der Waals surface area contributed by atoms with Crippen molar-refractivity contribution in [2.75, 3.05) is 38.6 Å². The van der Waals surface area contributed by atoms with Crippen LogP contribution in [-0.4, -0.2) is 74.8 Å². The largest absolute Gasteiger partial charge is 0.394 e. The minimum Gasteiger partial charge on any atom is -0.394 e. The zero-order chi connectivity index (χ0) is 18.3. The van der Waals surface area contributed by atoms with Gasteiger partial charge in [-0.2, -0.15) is 4.98 Å². The zero-order valence-corrected chi connectivity index (χ0v) is 14.3. The average Bonchev–Trinajstić information content (AvgIpc) is 3.16. The minimum absolute atomic E-state index is 0.0250. The Bertz CT molecular complexity index is 843.